The minimum absolute atomic E-state index is 0.0438. The Morgan fingerprint density at radius 3 is 3.00 bits per heavy atom. The maximum atomic E-state index is 12.7. The molecule has 1 N–H and O–H groups in total. The van der Waals surface area contributed by atoms with Crippen molar-refractivity contribution in [2.24, 2.45) is 0 Å². The van der Waals surface area contributed by atoms with E-state index in [0.717, 1.165) is 24.9 Å². The highest BCUT2D eigenvalue weighted by Gasteiger charge is 2.72. The van der Waals surface area contributed by atoms with E-state index in [1.807, 2.05) is 6.07 Å². The Kier molecular flexibility index (Phi) is 2.45. The van der Waals surface area contributed by atoms with Crippen LogP contribution in [0.3, 0.4) is 0 Å². The van der Waals surface area contributed by atoms with Gasteiger partial charge < -0.3 is 19.5 Å². The summed E-state index contributed by atoms with van der Waals surface area (Å²) >= 11 is 0. The van der Waals surface area contributed by atoms with Crippen LogP contribution in [0.1, 0.15) is 30.4 Å². The molecule has 2 unspecified atom stereocenters. The number of carbonyl (C=O) groups excluding carboxylic acids is 1. The van der Waals surface area contributed by atoms with Crippen LogP contribution in [0.25, 0.3) is 0 Å². The van der Waals surface area contributed by atoms with Crippen molar-refractivity contribution in [2.75, 3.05) is 20.7 Å². The van der Waals surface area contributed by atoms with E-state index in [1.54, 1.807) is 7.11 Å². The van der Waals surface area contributed by atoms with E-state index in [-0.39, 0.29) is 11.8 Å². The zero-order valence-corrected chi connectivity index (χ0v) is 13.5. The first-order valence-corrected chi connectivity index (χ1v) is 8.35. The van der Waals surface area contributed by atoms with Crippen molar-refractivity contribution in [2.45, 2.75) is 48.8 Å². The number of nitrogens with zero attached hydrogens (tertiary/aromatic N) is 1. The van der Waals surface area contributed by atoms with Gasteiger partial charge in [-0.1, -0.05) is 6.07 Å². The predicted molar refractivity (Wildman–Crippen MR) is 83.0 cm³/mol. The van der Waals surface area contributed by atoms with Gasteiger partial charge in [0.2, 0.25) is 0 Å². The molecule has 5 nitrogen and oxygen atoms in total. The Balaban J connectivity index is 1.86. The summed E-state index contributed by atoms with van der Waals surface area (Å²) in [7, 11) is 3.70. The van der Waals surface area contributed by atoms with Crippen molar-refractivity contribution < 1.29 is 19.4 Å². The lowest BCUT2D eigenvalue weighted by molar-refractivity contribution is -0.185. The summed E-state index contributed by atoms with van der Waals surface area (Å²) in [6.07, 6.45) is 1.89. The Bertz CT molecular complexity index is 732. The highest BCUT2D eigenvalue weighted by molar-refractivity contribution is 5.90. The molecule has 1 spiro atoms. The zero-order chi connectivity index (χ0) is 16.0. The van der Waals surface area contributed by atoms with E-state index < -0.39 is 17.1 Å². The van der Waals surface area contributed by atoms with Crippen LogP contribution in [-0.2, 0) is 16.6 Å². The van der Waals surface area contributed by atoms with Gasteiger partial charge in [0.05, 0.1) is 18.1 Å². The molecule has 2 heterocycles. The molecule has 1 saturated heterocycles. The molecule has 2 aliphatic carbocycles. The highest BCUT2D eigenvalue weighted by atomic mass is 16.5. The van der Waals surface area contributed by atoms with Crippen molar-refractivity contribution in [3.63, 3.8) is 0 Å². The zero-order valence-electron chi connectivity index (χ0n) is 13.5. The van der Waals surface area contributed by atoms with E-state index in [2.05, 4.69) is 18.0 Å². The Morgan fingerprint density at radius 1 is 1.39 bits per heavy atom. The third-order valence-electron chi connectivity index (χ3n) is 6.73. The van der Waals surface area contributed by atoms with E-state index in [1.165, 1.54) is 5.56 Å². The molecule has 0 radical (unpaired) electrons. The number of rotatable bonds is 1. The van der Waals surface area contributed by atoms with Gasteiger partial charge in [0.1, 0.15) is 0 Å². The lowest BCUT2D eigenvalue weighted by Gasteiger charge is -2.62. The number of hydrogen-bond acceptors (Lipinski definition) is 5. The lowest BCUT2D eigenvalue weighted by atomic mass is 9.49. The van der Waals surface area contributed by atoms with Gasteiger partial charge in [-0.15, -0.1) is 0 Å². The fourth-order valence-electron chi connectivity index (χ4n) is 5.69. The van der Waals surface area contributed by atoms with Crippen LogP contribution in [0.2, 0.25) is 0 Å². The molecular weight excluding hydrogens is 294 g/mol. The minimum atomic E-state index is -0.900. The molecule has 1 aromatic rings. The summed E-state index contributed by atoms with van der Waals surface area (Å²) in [4.78, 5) is 14.9. The number of likely N-dealkylation sites (N-methyl/N-ethyl adjacent to an activating group) is 1. The molecular formula is C18H21NO4. The van der Waals surface area contributed by atoms with Crippen LogP contribution >= 0.6 is 0 Å². The monoisotopic (exact) mass is 315 g/mol. The third kappa shape index (κ3) is 1.32. The molecule has 2 bridgehead atoms. The summed E-state index contributed by atoms with van der Waals surface area (Å²) in [5, 5.41) is 11.7. The van der Waals surface area contributed by atoms with Crippen LogP contribution in [0.5, 0.6) is 11.5 Å². The molecule has 5 rings (SSSR count). The van der Waals surface area contributed by atoms with Gasteiger partial charge in [-0.05, 0) is 44.5 Å². The number of hydrogen-bond donors (Lipinski definition) is 1. The first-order chi connectivity index (χ1) is 11.0. The summed E-state index contributed by atoms with van der Waals surface area (Å²) in [5.74, 6) is 1.47. The maximum absolute atomic E-state index is 12.7. The summed E-state index contributed by atoms with van der Waals surface area (Å²) in [6.45, 7) is 0.871. The fourth-order valence-corrected chi connectivity index (χ4v) is 5.69. The molecule has 0 amide bonds. The van der Waals surface area contributed by atoms with Crippen LogP contribution in [0.4, 0.5) is 0 Å². The summed E-state index contributed by atoms with van der Waals surface area (Å²) in [6, 6.07) is 4.05. The third-order valence-corrected chi connectivity index (χ3v) is 6.73. The van der Waals surface area contributed by atoms with Gasteiger partial charge in [-0.2, -0.15) is 0 Å². The molecule has 122 valence electrons. The topological polar surface area (TPSA) is 59.0 Å². The van der Waals surface area contributed by atoms with Crippen LogP contribution in [-0.4, -0.2) is 54.2 Å². The molecule has 4 atom stereocenters. The molecule has 0 aromatic heterocycles. The highest BCUT2D eigenvalue weighted by Crippen LogP contribution is 2.64. The second kappa shape index (κ2) is 4.08. The van der Waals surface area contributed by atoms with Gasteiger partial charge in [-0.25, -0.2) is 0 Å². The molecule has 2 fully saturated rings. The van der Waals surface area contributed by atoms with E-state index >= 15 is 0 Å². The molecule has 2 aliphatic heterocycles. The number of likely N-dealkylation sites (tertiary alicyclic amines) is 1. The average molecular weight is 315 g/mol. The first kappa shape index (κ1) is 13.8. The van der Waals surface area contributed by atoms with Crippen molar-refractivity contribution >= 4 is 5.78 Å². The molecule has 5 heteroatoms. The number of benzene rings is 1. The van der Waals surface area contributed by atoms with E-state index in [9.17, 15) is 9.90 Å². The standard InChI is InChI=1S/C18H21NO4/c1-19-8-7-17-14-10-3-4-12(22-2)15(14)23-16(17)11(20)5-6-18(17,21)13(19)9-10/h3-4,13,16,21H,5-9H2,1-2H3/t13?,16?,17-,18+/m0/s1. The van der Waals surface area contributed by atoms with E-state index in [4.69, 9.17) is 9.47 Å². The number of methoxy groups -OCH3 is 1. The van der Waals surface area contributed by atoms with E-state index in [0.29, 0.717) is 24.3 Å². The largest absolute Gasteiger partial charge is 0.493 e. The number of ether oxygens (including phenoxy) is 2. The summed E-state index contributed by atoms with van der Waals surface area (Å²) in [5.41, 5.74) is 0.737. The summed E-state index contributed by atoms with van der Waals surface area (Å²) < 4.78 is 11.6. The number of aliphatic hydroxyl groups is 1. The normalized spacial score (nSPS) is 40.6. The van der Waals surface area contributed by atoms with Crippen molar-refractivity contribution in [1.29, 1.82) is 0 Å². The maximum Gasteiger partial charge on any atom is 0.174 e. The van der Waals surface area contributed by atoms with Crippen molar-refractivity contribution in [3.05, 3.63) is 23.3 Å². The average Bonchev–Trinajstić information content (AvgIpc) is 2.90. The fraction of sp³-hybridized carbons (Fsp3) is 0.611. The molecule has 1 saturated carbocycles. The molecule has 23 heavy (non-hydrogen) atoms. The van der Waals surface area contributed by atoms with Gasteiger partial charge in [0, 0.05) is 18.0 Å². The first-order valence-electron chi connectivity index (χ1n) is 8.35. The van der Waals surface area contributed by atoms with Gasteiger partial charge in [-0.3, -0.25) is 4.79 Å². The van der Waals surface area contributed by atoms with Crippen LogP contribution in [0, 0.1) is 0 Å². The lowest BCUT2D eigenvalue weighted by Crippen LogP contribution is -2.76. The number of Topliss-reactive ketones (excluding diaryl/α,β-unsaturated/α-hetero) is 1. The number of carbonyl (C=O) groups is 1. The number of piperidine rings is 1. The van der Waals surface area contributed by atoms with Crippen LogP contribution in [0.15, 0.2) is 12.1 Å². The molecule has 4 aliphatic rings. The Hall–Kier alpha value is -1.59. The van der Waals surface area contributed by atoms with Crippen LogP contribution < -0.4 is 9.47 Å². The SMILES string of the molecule is COc1ccc2c3c1OC1C(=O)CC[C@@]4(O)C(C2)N(C)CC[C@]314. The predicted octanol–water partition coefficient (Wildman–Crippen LogP) is 1.05. The smallest absolute Gasteiger partial charge is 0.174 e. The van der Waals surface area contributed by atoms with Gasteiger partial charge in [0.15, 0.2) is 23.4 Å². The second-order valence-corrected chi connectivity index (χ2v) is 7.44. The van der Waals surface area contributed by atoms with Crippen molar-refractivity contribution in [1.82, 2.24) is 4.90 Å². The van der Waals surface area contributed by atoms with Crippen molar-refractivity contribution in [3.8, 4) is 11.5 Å². The molecule has 1 aromatic carbocycles. The second-order valence-electron chi connectivity index (χ2n) is 7.44. The minimum Gasteiger partial charge on any atom is -0.493 e. The quantitative estimate of drug-likeness (QED) is 0.839. The van der Waals surface area contributed by atoms with Gasteiger partial charge in [0.25, 0.3) is 0 Å². The Morgan fingerprint density at radius 2 is 2.22 bits per heavy atom. The Labute approximate surface area is 135 Å². The van der Waals surface area contributed by atoms with Gasteiger partial charge >= 0.3 is 0 Å². The number of ketones is 1.